The summed E-state index contributed by atoms with van der Waals surface area (Å²) >= 11 is 0. The van der Waals surface area contributed by atoms with Gasteiger partial charge in [-0.1, -0.05) is 24.1 Å². The van der Waals surface area contributed by atoms with E-state index in [1.54, 1.807) is 6.07 Å². The summed E-state index contributed by atoms with van der Waals surface area (Å²) in [4.78, 5) is 23.8. The summed E-state index contributed by atoms with van der Waals surface area (Å²) in [5, 5.41) is 14.9. The monoisotopic (exact) mass is 304 g/mol. The summed E-state index contributed by atoms with van der Waals surface area (Å²) in [6.45, 7) is 4.31. The molecule has 22 heavy (non-hydrogen) atoms. The van der Waals surface area contributed by atoms with Crippen LogP contribution in [0.1, 0.15) is 36.8 Å². The van der Waals surface area contributed by atoms with Crippen molar-refractivity contribution in [2.45, 2.75) is 45.6 Å². The highest BCUT2D eigenvalue weighted by Crippen LogP contribution is 2.23. The van der Waals surface area contributed by atoms with Crippen molar-refractivity contribution < 1.29 is 14.7 Å². The van der Waals surface area contributed by atoms with Crippen LogP contribution in [0.25, 0.3) is 0 Å². The molecule has 1 aromatic rings. The Morgan fingerprint density at radius 2 is 2.00 bits per heavy atom. The minimum atomic E-state index is -0.650. The molecule has 2 atom stereocenters. The highest BCUT2D eigenvalue weighted by molar-refractivity contribution is 6.39. The van der Waals surface area contributed by atoms with Crippen LogP contribution in [0, 0.1) is 19.8 Å². The molecular weight excluding hydrogens is 280 g/mol. The number of hydrogen-bond acceptors (Lipinski definition) is 3. The van der Waals surface area contributed by atoms with Gasteiger partial charge in [-0.15, -0.1) is 0 Å². The summed E-state index contributed by atoms with van der Waals surface area (Å²) < 4.78 is 0. The number of carbonyl (C=O) groups excluding carboxylic acids is 2. The van der Waals surface area contributed by atoms with Gasteiger partial charge in [0.1, 0.15) is 0 Å². The maximum absolute atomic E-state index is 11.9. The quantitative estimate of drug-likeness (QED) is 0.746. The van der Waals surface area contributed by atoms with Crippen LogP contribution in [0.5, 0.6) is 0 Å². The Morgan fingerprint density at radius 1 is 1.23 bits per heavy atom. The predicted molar refractivity (Wildman–Crippen MR) is 85.5 cm³/mol. The minimum Gasteiger partial charge on any atom is -0.393 e. The number of aliphatic hydroxyl groups is 1. The van der Waals surface area contributed by atoms with Gasteiger partial charge in [-0.05, 0) is 50.7 Å². The summed E-state index contributed by atoms with van der Waals surface area (Å²) in [5.74, 6) is -1.02. The van der Waals surface area contributed by atoms with Crippen molar-refractivity contribution in [2.24, 2.45) is 5.92 Å². The largest absolute Gasteiger partial charge is 0.393 e. The molecule has 1 aliphatic carbocycles. The lowest BCUT2D eigenvalue weighted by Crippen LogP contribution is -2.39. The van der Waals surface area contributed by atoms with E-state index in [9.17, 15) is 14.7 Å². The van der Waals surface area contributed by atoms with Gasteiger partial charge in [0.15, 0.2) is 0 Å². The number of aryl methyl sites for hydroxylation is 2. The molecule has 2 amide bonds. The number of carbonyl (C=O) groups is 2. The standard InChI is InChI=1S/C17H24N2O3/c1-11-6-7-15(12(2)8-11)19-17(22)16(21)18-10-13-4-3-5-14(20)9-13/h6-8,13-14,20H,3-5,9-10H2,1-2H3,(H,18,21)(H,19,22). The summed E-state index contributed by atoms with van der Waals surface area (Å²) in [6.07, 6.45) is 3.20. The average Bonchev–Trinajstić information content (AvgIpc) is 2.47. The molecule has 3 N–H and O–H groups in total. The SMILES string of the molecule is Cc1ccc(NC(=O)C(=O)NCC2CCCC(O)C2)c(C)c1. The van der Waals surface area contributed by atoms with E-state index in [2.05, 4.69) is 10.6 Å². The first-order valence-electron chi connectivity index (χ1n) is 7.80. The van der Waals surface area contributed by atoms with E-state index >= 15 is 0 Å². The van der Waals surface area contributed by atoms with Crippen LogP contribution in [0.15, 0.2) is 18.2 Å². The van der Waals surface area contributed by atoms with Crippen molar-refractivity contribution in [1.82, 2.24) is 5.32 Å². The van der Waals surface area contributed by atoms with Gasteiger partial charge in [-0.2, -0.15) is 0 Å². The zero-order valence-corrected chi connectivity index (χ0v) is 13.2. The molecular formula is C17H24N2O3. The van der Waals surface area contributed by atoms with Gasteiger partial charge in [-0.3, -0.25) is 9.59 Å². The Bertz CT molecular complexity index is 557. The number of benzene rings is 1. The lowest BCUT2D eigenvalue weighted by Gasteiger charge is -2.25. The lowest BCUT2D eigenvalue weighted by molar-refractivity contribution is -0.136. The van der Waals surface area contributed by atoms with E-state index in [4.69, 9.17) is 0 Å². The van der Waals surface area contributed by atoms with Crippen molar-refractivity contribution >= 4 is 17.5 Å². The number of aliphatic hydroxyl groups excluding tert-OH is 1. The van der Waals surface area contributed by atoms with Crippen LogP contribution in [0.2, 0.25) is 0 Å². The molecule has 120 valence electrons. The molecule has 5 nitrogen and oxygen atoms in total. The maximum atomic E-state index is 11.9. The van der Waals surface area contributed by atoms with Gasteiger partial charge in [-0.25, -0.2) is 0 Å². The lowest BCUT2D eigenvalue weighted by atomic mass is 9.87. The summed E-state index contributed by atoms with van der Waals surface area (Å²) in [5.41, 5.74) is 2.69. The highest BCUT2D eigenvalue weighted by atomic mass is 16.3. The number of nitrogens with one attached hydrogen (secondary N) is 2. The third-order valence-corrected chi connectivity index (χ3v) is 4.14. The first-order chi connectivity index (χ1) is 10.5. The van der Waals surface area contributed by atoms with Gasteiger partial charge in [0.05, 0.1) is 6.10 Å². The van der Waals surface area contributed by atoms with E-state index < -0.39 is 11.8 Å². The molecule has 1 saturated carbocycles. The Labute approximate surface area is 131 Å². The smallest absolute Gasteiger partial charge is 0.313 e. The topological polar surface area (TPSA) is 78.4 Å². The van der Waals surface area contributed by atoms with Gasteiger partial charge < -0.3 is 15.7 Å². The van der Waals surface area contributed by atoms with Crippen molar-refractivity contribution in [1.29, 1.82) is 0 Å². The fourth-order valence-corrected chi connectivity index (χ4v) is 2.90. The van der Waals surface area contributed by atoms with E-state index in [0.717, 1.165) is 30.4 Å². The second kappa shape index (κ2) is 7.40. The minimum absolute atomic E-state index is 0.251. The van der Waals surface area contributed by atoms with E-state index in [-0.39, 0.29) is 12.0 Å². The molecule has 0 spiro atoms. The second-order valence-corrected chi connectivity index (χ2v) is 6.17. The molecule has 1 aliphatic rings. The first-order valence-corrected chi connectivity index (χ1v) is 7.80. The molecule has 2 unspecified atom stereocenters. The molecule has 2 rings (SSSR count). The van der Waals surface area contributed by atoms with Gasteiger partial charge in [0, 0.05) is 12.2 Å². The Kier molecular flexibility index (Phi) is 5.55. The van der Waals surface area contributed by atoms with Crippen LogP contribution in [-0.4, -0.2) is 29.6 Å². The van der Waals surface area contributed by atoms with Crippen LogP contribution < -0.4 is 10.6 Å². The van der Waals surface area contributed by atoms with E-state index in [1.165, 1.54) is 0 Å². The summed E-state index contributed by atoms with van der Waals surface area (Å²) in [6, 6.07) is 5.65. The third-order valence-electron chi connectivity index (χ3n) is 4.14. The Morgan fingerprint density at radius 3 is 2.68 bits per heavy atom. The maximum Gasteiger partial charge on any atom is 0.313 e. The Hall–Kier alpha value is -1.88. The zero-order valence-electron chi connectivity index (χ0n) is 13.2. The zero-order chi connectivity index (χ0) is 16.1. The molecule has 0 heterocycles. The molecule has 5 heteroatoms. The van der Waals surface area contributed by atoms with Crippen LogP contribution in [0.3, 0.4) is 0 Å². The van der Waals surface area contributed by atoms with Crippen LogP contribution in [0.4, 0.5) is 5.69 Å². The molecule has 0 aromatic heterocycles. The molecule has 0 aliphatic heterocycles. The van der Waals surface area contributed by atoms with Crippen molar-refractivity contribution in [3.05, 3.63) is 29.3 Å². The number of amides is 2. The van der Waals surface area contributed by atoms with Crippen molar-refractivity contribution in [3.8, 4) is 0 Å². The number of anilines is 1. The second-order valence-electron chi connectivity index (χ2n) is 6.17. The normalized spacial score (nSPS) is 21.2. The van der Waals surface area contributed by atoms with E-state index in [0.29, 0.717) is 18.7 Å². The van der Waals surface area contributed by atoms with Gasteiger partial charge in [0.25, 0.3) is 0 Å². The first kappa shape index (κ1) is 16.5. The van der Waals surface area contributed by atoms with E-state index in [1.807, 2.05) is 26.0 Å². The number of rotatable bonds is 3. The number of hydrogen-bond donors (Lipinski definition) is 3. The fraction of sp³-hybridized carbons (Fsp3) is 0.529. The molecule has 0 saturated heterocycles. The van der Waals surface area contributed by atoms with Gasteiger partial charge >= 0.3 is 11.8 Å². The van der Waals surface area contributed by atoms with Crippen LogP contribution in [-0.2, 0) is 9.59 Å². The molecule has 1 fully saturated rings. The average molecular weight is 304 g/mol. The predicted octanol–water partition coefficient (Wildman–Crippen LogP) is 1.91. The third kappa shape index (κ3) is 4.56. The fourth-order valence-electron chi connectivity index (χ4n) is 2.90. The molecule has 1 aromatic carbocycles. The Balaban J connectivity index is 1.83. The van der Waals surface area contributed by atoms with Gasteiger partial charge in [0.2, 0.25) is 0 Å². The highest BCUT2D eigenvalue weighted by Gasteiger charge is 2.22. The summed E-state index contributed by atoms with van der Waals surface area (Å²) in [7, 11) is 0. The van der Waals surface area contributed by atoms with Crippen molar-refractivity contribution in [3.63, 3.8) is 0 Å². The molecule has 0 bridgehead atoms. The molecule has 0 radical (unpaired) electrons. The van der Waals surface area contributed by atoms with Crippen LogP contribution >= 0.6 is 0 Å². The van der Waals surface area contributed by atoms with Crippen molar-refractivity contribution in [2.75, 3.05) is 11.9 Å².